The summed E-state index contributed by atoms with van der Waals surface area (Å²) in [5.74, 6) is 1.16. The van der Waals surface area contributed by atoms with Crippen LogP contribution in [0.5, 0.6) is 0 Å². The minimum absolute atomic E-state index is 0.162. The predicted molar refractivity (Wildman–Crippen MR) is 116 cm³/mol. The molecule has 1 N–H and O–H groups in total. The van der Waals surface area contributed by atoms with E-state index in [0.29, 0.717) is 43.2 Å². The average Bonchev–Trinajstić information content (AvgIpc) is 3.44. The van der Waals surface area contributed by atoms with E-state index in [1.54, 1.807) is 13.8 Å². The fourth-order valence-corrected chi connectivity index (χ4v) is 3.84. The molecule has 0 atom stereocenters. The van der Waals surface area contributed by atoms with Crippen LogP contribution < -0.4 is 0 Å². The minimum atomic E-state index is -0.777. The lowest BCUT2D eigenvalue weighted by atomic mass is 9.87. The van der Waals surface area contributed by atoms with E-state index in [1.807, 2.05) is 25.1 Å². The van der Waals surface area contributed by atoms with Gasteiger partial charge in [0.15, 0.2) is 0 Å². The normalized spacial score (nSPS) is 14.1. The van der Waals surface area contributed by atoms with Crippen molar-refractivity contribution in [2.45, 2.75) is 78.2 Å². The van der Waals surface area contributed by atoms with Gasteiger partial charge in [-0.05, 0) is 63.6 Å². The fourth-order valence-electron chi connectivity index (χ4n) is 3.65. The van der Waals surface area contributed by atoms with Crippen LogP contribution in [0.25, 0.3) is 0 Å². The van der Waals surface area contributed by atoms with E-state index < -0.39 is 11.4 Å². The van der Waals surface area contributed by atoms with E-state index in [9.17, 15) is 14.7 Å². The molecular weight excluding hydrogens is 402 g/mol. The van der Waals surface area contributed by atoms with Crippen LogP contribution in [0.15, 0.2) is 18.2 Å². The average molecular weight is 432 g/mol. The molecule has 0 saturated heterocycles. The Morgan fingerprint density at radius 3 is 2.50 bits per heavy atom. The highest BCUT2D eigenvalue weighted by Gasteiger charge is 2.30. The number of halogens is 1. The molecule has 162 valence electrons. The predicted octanol–water partition coefficient (Wildman–Crippen LogP) is 4.75. The quantitative estimate of drug-likeness (QED) is 0.554. The van der Waals surface area contributed by atoms with Gasteiger partial charge in [0.1, 0.15) is 17.4 Å². The van der Waals surface area contributed by atoms with Gasteiger partial charge in [-0.2, -0.15) is 0 Å². The van der Waals surface area contributed by atoms with Gasteiger partial charge in [0.25, 0.3) is 0 Å². The van der Waals surface area contributed by atoms with Crippen molar-refractivity contribution in [3.63, 3.8) is 0 Å². The number of carbonyl (C=O) groups excluding carboxylic acids is 1. The highest BCUT2D eigenvalue weighted by Crippen LogP contribution is 2.37. The summed E-state index contributed by atoms with van der Waals surface area (Å²) in [7, 11) is 0. The number of ketones is 1. The number of aryl methyl sites for hydroxylation is 2. The summed E-state index contributed by atoms with van der Waals surface area (Å²) in [4.78, 5) is 23.8. The molecule has 2 aromatic rings. The number of Topliss-reactive ketones (excluding diaryl/α,β-unsaturated/α-hetero) is 1. The second-order valence-electron chi connectivity index (χ2n) is 8.92. The second kappa shape index (κ2) is 9.29. The van der Waals surface area contributed by atoms with Crippen molar-refractivity contribution in [2.24, 2.45) is 5.41 Å². The molecule has 0 unspecified atom stereocenters. The molecule has 30 heavy (non-hydrogen) atoms. The summed E-state index contributed by atoms with van der Waals surface area (Å²) >= 11 is 6.16. The topological polar surface area (TPSA) is 85.1 Å². The minimum Gasteiger partial charge on any atom is -0.481 e. The number of carbonyl (C=O) groups is 2. The Hall–Kier alpha value is -2.21. The number of rotatable bonds is 11. The van der Waals surface area contributed by atoms with Crippen LogP contribution in [0.3, 0.4) is 0 Å². The number of hydrogen-bond acceptors (Lipinski definition) is 4. The van der Waals surface area contributed by atoms with Gasteiger partial charge in [0.2, 0.25) is 0 Å². The first-order valence-corrected chi connectivity index (χ1v) is 11.0. The fraction of sp³-hybridized carbons (Fsp3) is 0.565. The molecule has 1 heterocycles. The molecule has 1 aromatic heterocycles. The molecule has 1 fully saturated rings. The summed E-state index contributed by atoms with van der Waals surface area (Å²) in [5, 5.41) is 18.7. The maximum absolute atomic E-state index is 12.5. The summed E-state index contributed by atoms with van der Waals surface area (Å²) in [6.07, 6.45) is 5.62. The standard InChI is InChI=1S/C23H30ClN3O3/c1-15-16(6-4-7-19(15)24)14-18(28)11-12-21-26-25-20(27(21)17-9-10-17)8-5-13-23(2,3)22(29)30/h4,6-7,17H,5,8-14H2,1-3H3,(H,29,30). The first-order chi connectivity index (χ1) is 14.2. The molecule has 3 rings (SSSR count). The zero-order chi connectivity index (χ0) is 21.9. The number of nitrogens with zero attached hydrogens (tertiary/aromatic N) is 3. The first-order valence-electron chi connectivity index (χ1n) is 10.6. The third-order valence-corrected chi connectivity index (χ3v) is 6.33. The maximum Gasteiger partial charge on any atom is 0.309 e. The van der Waals surface area contributed by atoms with Gasteiger partial charge in [-0.3, -0.25) is 9.59 Å². The Bertz CT molecular complexity index is 932. The first kappa shape index (κ1) is 22.5. The third kappa shape index (κ3) is 5.48. The van der Waals surface area contributed by atoms with E-state index in [2.05, 4.69) is 14.8 Å². The van der Waals surface area contributed by atoms with E-state index in [0.717, 1.165) is 42.0 Å². The largest absolute Gasteiger partial charge is 0.481 e. The lowest BCUT2D eigenvalue weighted by Crippen LogP contribution is -2.23. The van der Waals surface area contributed by atoms with Crippen LogP contribution in [-0.4, -0.2) is 31.6 Å². The van der Waals surface area contributed by atoms with Crippen LogP contribution in [0.4, 0.5) is 0 Å². The van der Waals surface area contributed by atoms with Gasteiger partial charge >= 0.3 is 5.97 Å². The van der Waals surface area contributed by atoms with Gasteiger partial charge in [-0.15, -0.1) is 10.2 Å². The van der Waals surface area contributed by atoms with E-state index in [-0.39, 0.29) is 5.78 Å². The van der Waals surface area contributed by atoms with Crippen LogP contribution >= 0.6 is 11.6 Å². The molecule has 1 aromatic carbocycles. The molecule has 0 amide bonds. The molecular formula is C23H30ClN3O3. The summed E-state index contributed by atoms with van der Waals surface area (Å²) < 4.78 is 2.19. The van der Waals surface area contributed by atoms with Crippen molar-refractivity contribution in [1.29, 1.82) is 0 Å². The van der Waals surface area contributed by atoms with E-state index >= 15 is 0 Å². The van der Waals surface area contributed by atoms with Gasteiger partial charge in [0.05, 0.1) is 5.41 Å². The van der Waals surface area contributed by atoms with E-state index in [1.165, 1.54) is 0 Å². The maximum atomic E-state index is 12.5. The van der Waals surface area contributed by atoms with Crippen LogP contribution in [0.2, 0.25) is 5.02 Å². The number of benzene rings is 1. The molecule has 0 aliphatic heterocycles. The van der Waals surface area contributed by atoms with Crippen LogP contribution in [-0.2, 0) is 28.9 Å². The Morgan fingerprint density at radius 1 is 1.20 bits per heavy atom. The van der Waals surface area contributed by atoms with E-state index in [4.69, 9.17) is 11.6 Å². The van der Waals surface area contributed by atoms with Crippen LogP contribution in [0, 0.1) is 12.3 Å². The lowest BCUT2D eigenvalue weighted by Gasteiger charge is -2.18. The highest BCUT2D eigenvalue weighted by atomic mass is 35.5. The number of hydrogen-bond donors (Lipinski definition) is 1. The smallest absolute Gasteiger partial charge is 0.309 e. The molecule has 1 saturated carbocycles. The molecule has 7 heteroatoms. The van der Waals surface area contributed by atoms with Gasteiger partial charge in [-0.25, -0.2) is 0 Å². The Labute approximate surface area is 182 Å². The Kier molecular flexibility index (Phi) is 6.96. The van der Waals surface area contributed by atoms with Gasteiger partial charge < -0.3 is 9.67 Å². The molecule has 0 bridgehead atoms. The second-order valence-corrected chi connectivity index (χ2v) is 9.32. The van der Waals surface area contributed by atoms with Gasteiger partial charge in [-0.1, -0.05) is 23.7 Å². The highest BCUT2D eigenvalue weighted by molar-refractivity contribution is 6.31. The SMILES string of the molecule is Cc1c(Cl)cccc1CC(=O)CCc1nnc(CCCC(C)(C)C(=O)O)n1C1CC1. The zero-order valence-electron chi connectivity index (χ0n) is 17.9. The Morgan fingerprint density at radius 2 is 1.87 bits per heavy atom. The van der Waals surface area contributed by atoms with Crippen molar-refractivity contribution >= 4 is 23.4 Å². The van der Waals surface area contributed by atoms with Gasteiger partial charge in [0, 0.05) is 36.7 Å². The molecule has 6 nitrogen and oxygen atoms in total. The molecule has 1 aliphatic carbocycles. The van der Waals surface area contributed by atoms with Crippen molar-refractivity contribution in [1.82, 2.24) is 14.8 Å². The summed E-state index contributed by atoms with van der Waals surface area (Å²) in [6.45, 7) is 5.44. The molecule has 0 spiro atoms. The van der Waals surface area contributed by atoms with Crippen molar-refractivity contribution < 1.29 is 14.7 Å². The summed E-state index contributed by atoms with van der Waals surface area (Å²) in [5.41, 5.74) is 1.19. The number of carboxylic acid groups (broad SMARTS) is 1. The Balaban J connectivity index is 1.59. The number of aromatic nitrogens is 3. The number of aliphatic carboxylic acids is 1. The van der Waals surface area contributed by atoms with Crippen LogP contribution in [0.1, 0.15) is 74.8 Å². The van der Waals surface area contributed by atoms with Crippen molar-refractivity contribution in [3.8, 4) is 0 Å². The third-order valence-electron chi connectivity index (χ3n) is 5.93. The monoisotopic (exact) mass is 431 g/mol. The lowest BCUT2D eigenvalue weighted by molar-refractivity contribution is -0.147. The van der Waals surface area contributed by atoms with Crippen molar-refractivity contribution in [3.05, 3.63) is 46.0 Å². The zero-order valence-corrected chi connectivity index (χ0v) is 18.7. The molecule has 0 radical (unpaired) electrons. The molecule has 1 aliphatic rings. The summed E-state index contributed by atoms with van der Waals surface area (Å²) in [6, 6.07) is 6.08. The van der Waals surface area contributed by atoms with Crippen molar-refractivity contribution in [2.75, 3.05) is 0 Å². The number of carboxylic acids is 1.